The zero-order valence-electron chi connectivity index (χ0n) is 11.6. The Morgan fingerprint density at radius 3 is 2.42 bits per heavy atom. The summed E-state index contributed by atoms with van der Waals surface area (Å²) in [4.78, 5) is 24.0. The third-order valence-electron chi connectivity index (χ3n) is 3.14. The van der Waals surface area contributed by atoms with E-state index in [0.29, 0.717) is 4.88 Å². The monoisotopic (exact) mass is 284 g/mol. The van der Waals surface area contributed by atoms with Gasteiger partial charge in [0.05, 0.1) is 22.6 Å². The van der Waals surface area contributed by atoms with Crippen LogP contribution < -0.4 is 10.6 Å². The molecule has 0 aliphatic rings. The van der Waals surface area contributed by atoms with E-state index in [1.54, 1.807) is 45.2 Å². The Labute approximate surface area is 117 Å². The fraction of sp³-hybridized carbons (Fsp3) is 0.538. The van der Waals surface area contributed by atoms with E-state index in [4.69, 9.17) is 0 Å². The summed E-state index contributed by atoms with van der Waals surface area (Å²) in [7, 11) is 0. The average molecular weight is 284 g/mol. The van der Waals surface area contributed by atoms with Gasteiger partial charge in [0.15, 0.2) is 0 Å². The molecule has 106 valence electrons. The summed E-state index contributed by atoms with van der Waals surface area (Å²) in [5.41, 5.74) is -1.84. The zero-order valence-corrected chi connectivity index (χ0v) is 12.4. The van der Waals surface area contributed by atoms with Gasteiger partial charge in [0.1, 0.15) is 0 Å². The summed E-state index contributed by atoms with van der Waals surface area (Å²) in [5.74, 6) is -0.608. The van der Waals surface area contributed by atoms with E-state index in [-0.39, 0.29) is 18.4 Å². The predicted octanol–water partition coefficient (Wildman–Crippen LogP) is 1.14. The van der Waals surface area contributed by atoms with Crippen molar-refractivity contribution in [2.75, 3.05) is 6.54 Å². The van der Waals surface area contributed by atoms with Crippen molar-refractivity contribution in [1.29, 1.82) is 0 Å². The van der Waals surface area contributed by atoms with E-state index >= 15 is 0 Å². The minimum absolute atomic E-state index is 0.115. The molecule has 0 aromatic carbocycles. The highest BCUT2D eigenvalue weighted by atomic mass is 32.1. The second kappa shape index (κ2) is 5.71. The van der Waals surface area contributed by atoms with E-state index in [1.165, 1.54) is 11.3 Å². The molecule has 0 aliphatic heterocycles. The first-order valence-corrected chi connectivity index (χ1v) is 6.86. The van der Waals surface area contributed by atoms with Crippen LogP contribution in [0.5, 0.6) is 0 Å². The van der Waals surface area contributed by atoms with Crippen molar-refractivity contribution < 1.29 is 14.7 Å². The van der Waals surface area contributed by atoms with Crippen LogP contribution in [-0.4, -0.2) is 34.6 Å². The molecule has 2 amide bonds. The van der Waals surface area contributed by atoms with Crippen LogP contribution in [0.4, 0.5) is 0 Å². The number of nitrogens with one attached hydrogen (secondary N) is 2. The predicted molar refractivity (Wildman–Crippen MR) is 75.2 cm³/mol. The smallest absolute Gasteiger partial charge is 0.261 e. The highest BCUT2D eigenvalue weighted by Gasteiger charge is 2.36. The van der Waals surface area contributed by atoms with Crippen molar-refractivity contribution in [2.24, 2.45) is 0 Å². The normalized spacial score (nSPS) is 12.1. The first kappa shape index (κ1) is 15.7. The molecule has 0 fully saturated rings. The molecule has 0 radical (unpaired) electrons. The molecule has 3 N–H and O–H groups in total. The molecule has 0 saturated heterocycles. The Hall–Kier alpha value is -1.40. The van der Waals surface area contributed by atoms with Gasteiger partial charge in [-0.1, -0.05) is 6.07 Å². The quantitative estimate of drug-likeness (QED) is 0.759. The fourth-order valence-electron chi connectivity index (χ4n) is 1.20. The van der Waals surface area contributed by atoms with Crippen molar-refractivity contribution >= 4 is 23.2 Å². The first-order chi connectivity index (χ1) is 8.63. The Bertz CT molecular complexity index is 447. The van der Waals surface area contributed by atoms with Gasteiger partial charge in [-0.15, -0.1) is 11.3 Å². The van der Waals surface area contributed by atoms with Crippen LogP contribution >= 0.6 is 11.3 Å². The maximum atomic E-state index is 11.7. The molecular weight excluding hydrogens is 264 g/mol. The van der Waals surface area contributed by atoms with Crippen molar-refractivity contribution in [3.63, 3.8) is 0 Å². The van der Waals surface area contributed by atoms with Crippen molar-refractivity contribution in [1.82, 2.24) is 10.6 Å². The topological polar surface area (TPSA) is 78.4 Å². The van der Waals surface area contributed by atoms with Crippen LogP contribution in [0.1, 0.15) is 37.4 Å². The molecular formula is C13H20N2O3S. The second-order valence-corrected chi connectivity index (χ2v) is 6.34. The lowest BCUT2D eigenvalue weighted by atomic mass is 9.86. The maximum Gasteiger partial charge on any atom is 0.261 e. The van der Waals surface area contributed by atoms with Gasteiger partial charge < -0.3 is 15.7 Å². The highest BCUT2D eigenvalue weighted by Crippen LogP contribution is 2.20. The number of hydrogen-bond acceptors (Lipinski definition) is 4. The van der Waals surface area contributed by atoms with Gasteiger partial charge in [-0.2, -0.15) is 0 Å². The number of carbonyl (C=O) groups is 2. The third-order valence-corrected chi connectivity index (χ3v) is 4.00. The fourth-order valence-corrected chi connectivity index (χ4v) is 1.84. The second-order valence-electron chi connectivity index (χ2n) is 5.39. The van der Waals surface area contributed by atoms with Gasteiger partial charge >= 0.3 is 0 Å². The number of hydrogen-bond donors (Lipinski definition) is 3. The summed E-state index contributed by atoms with van der Waals surface area (Å²) in [6, 6.07) is 3.47. The lowest BCUT2D eigenvalue weighted by molar-refractivity contribution is -0.125. The minimum Gasteiger partial charge on any atom is -0.388 e. The average Bonchev–Trinajstić information content (AvgIpc) is 2.77. The summed E-state index contributed by atoms with van der Waals surface area (Å²) in [6.07, 6.45) is 0. The summed E-state index contributed by atoms with van der Waals surface area (Å²) in [5, 5.41) is 17.0. The molecule has 1 aromatic heterocycles. The van der Waals surface area contributed by atoms with Gasteiger partial charge in [-0.25, -0.2) is 0 Å². The molecule has 6 heteroatoms. The lowest BCUT2D eigenvalue weighted by Crippen LogP contribution is -2.59. The molecule has 0 saturated carbocycles. The molecule has 0 aliphatic carbocycles. The van der Waals surface area contributed by atoms with Gasteiger partial charge in [-0.3, -0.25) is 9.59 Å². The van der Waals surface area contributed by atoms with Crippen LogP contribution in [-0.2, 0) is 4.79 Å². The molecule has 1 aromatic rings. The largest absolute Gasteiger partial charge is 0.388 e. The number of amides is 2. The van der Waals surface area contributed by atoms with E-state index in [9.17, 15) is 14.7 Å². The number of rotatable bonds is 5. The van der Waals surface area contributed by atoms with Crippen LogP contribution in [0.25, 0.3) is 0 Å². The van der Waals surface area contributed by atoms with Crippen LogP contribution in [0.2, 0.25) is 0 Å². The highest BCUT2D eigenvalue weighted by molar-refractivity contribution is 7.12. The molecule has 1 rings (SSSR count). The number of thiophene rings is 1. The van der Waals surface area contributed by atoms with E-state index in [2.05, 4.69) is 10.6 Å². The Balaban J connectivity index is 2.47. The van der Waals surface area contributed by atoms with Gasteiger partial charge in [0, 0.05) is 0 Å². The van der Waals surface area contributed by atoms with Crippen LogP contribution in [0.3, 0.4) is 0 Å². The van der Waals surface area contributed by atoms with Gasteiger partial charge in [-0.05, 0) is 39.1 Å². The standard InChI is InChI=1S/C13H20N2O3S/c1-12(2,13(3,4)18)15-10(16)8-14-11(17)9-6-5-7-19-9/h5-7,18H,8H2,1-4H3,(H,14,17)(H,15,16). The summed E-state index contributed by atoms with van der Waals surface area (Å²) < 4.78 is 0. The van der Waals surface area contributed by atoms with E-state index in [0.717, 1.165) is 0 Å². The molecule has 0 spiro atoms. The molecule has 19 heavy (non-hydrogen) atoms. The molecule has 1 heterocycles. The Kier molecular flexibility index (Phi) is 4.70. The molecule has 0 bridgehead atoms. The molecule has 0 atom stereocenters. The SMILES string of the molecule is CC(C)(O)C(C)(C)NC(=O)CNC(=O)c1cccs1. The number of carbonyl (C=O) groups excluding carboxylic acids is 2. The van der Waals surface area contributed by atoms with Crippen molar-refractivity contribution in [2.45, 2.75) is 38.8 Å². The van der Waals surface area contributed by atoms with Crippen LogP contribution in [0, 0.1) is 0 Å². The number of aliphatic hydroxyl groups is 1. The minimum atomic E-state index is -1.06. The summed E-state index contributed by atoms with van der Waals surface area (Å²) >= 11 is 1.32. The Morgan fingerprint density at radius 2 is 1.95 bits per heavy atom. The zero-order chi connectivity index (χ0) is 14.7. The van der Waals surface area contributed by atoms with Crippen LogP contribution in [0.15, 0.2) is 17.5 Å². The van der Waals surface area contributed by atoms with E-state index < -0.39 is 11.1 Å². The molecule has 5 nitrogen and oxygen atoms in total. The van der Waals surface area contributed by atoms with Crippen molar-refractivity contribution in [3.05, 3.63) is 22.4 Å². The Morgan fingerprint density at radius 1 is 1.32 bits per heavy atom. The van der Waals surface area contributed by atoms with Crippen molar-refractivity contribution in [3.8, 4) is 0 Å². The van der Waals surface area contributed by atoms with Gasteiger partial charge in [0.25, 0.3) is 5.91 Å². The first-order valence-electron chi connectivity index (χ1n) is 5.98. The lowest BCUT2D eigenvalue weighted by Gasteiger charge is -2.38. The molecule has 0 unspecified atom stereocenters. The van der Waals surface area contributed by atoms with E-state index in [1.807, 2.05) is 0 Å². The van der Waals surface area contributed by atoms with Gasteiger partial charge in [0.2, 0.25) is 5.91 Å². The summed E-state index contributed by atoms with van der Waals surface area (Å²) in [6.45, 7) is 6.59. The third kappa shape index (κ3) is 4.33. The maximum absolute atomic E-state index is 11.7.